The van der Waals surface area contributed by atoms with Gasteiger partial charge in [-0.15, -0.1) is 0 Å². The second kappa shape index (κ2) is 5.66. The number of anilines is 1. The zero-order chi connectivity index (χ0) is 12.1. The molecular weight excluding hydrogens is 216 g/mol. The molecule has 0 bridgehead atoms. The lowest BCUT2D eigenvalue weighted by Crippen LogP contribution is -2.19. The summed E-state index contributed by atoms with van der Waals surface area (Å²) in [5.74, 6) is 0.302. The van der Waals surface area contributed by atoms with Gasteiger partial charge in [-0.25, -0.2) is 4.98 Å². The van der Waals surface area contributed by atoms with Gasteiger partial charge in [0.25, 0.3) is 0 Å². The maximum Gasteiger partial charge on any atom is 0.303 e. The molecule has 92 valence electrons. The van der Waals surface area contributed by atoms with Crippen molar-refractivity contribution >= 4 is 11.8 Å². The monoisotopic (exact) mass is 234 g/mol. The molecule has 2 rings (SSSR count). The fraction of sp³-hybridized carbons (Fsp3) is 0.538. The molecule has 1 aliphatic rings. The summed E-state index contributed by atoms with van der Waals surface area (Å²) in [6.07, 6.45) is 4.10. The van der Waals surface area contributed by atoms with E-state index in [9.17, 15) is 4.79 Å². The Morgan fingerprint density at radius 1 is 1.35 bits per heavy atom. The van der Waals surface area contributed by atoms with Crippen LogP contribution in [0, 0.1) is 0 Å². The van der Waals surface area contributed by atoms with Crippen LogP contribution in [0.4, 0.5) is 5.82 Å². The van der Waals surface area contributed by atoms with Crippen LogP contribution in [0.5, 0.6) is 0 Å². The Bertz CT molecular complexity index is 387. The highest BCUT2D eigenvalue weighted by atomic mass is 16.4. The van der Waals surface area contributed by atoms with Gasteiger partial charge in [-0.3, -0.25) is 4.79 Å². The SMILES string of the molecule is O=C(O)CCCc1cccc(N2CCCC2)n1. The van der Waals surface area contributed by atoms with E-state index in [4.69, 9.17) is 5.11 Å². The molecule has 0 spiro atoms. The van der Waals surface area contributed by atoms with Gasteiger partial charge in [-0.1, -0.05) is 6.07 Å². The number of aliphatic carboxylic acids is 1. The normalized spacial score (nSPS) is 15.2. The maximum absolute atomic E-state index is 10.4. The van der Waals surface area contributed by atoms with Crippen molar-refractivity contribution in [2.45, 2.75) is 32.1 Å². The molecule has 1 saturated heterocycles. The van der Waals surface area contributed by atoms with Crippen molar-refractivity contribution in [1.29, 1.82) is 0 Å². The molecule has 1 aromatic heterocycles. The Morgan fingerprint density at radius 2 is 2.12 bits per heavy atom. The van der Waals surface area contributed by atoms with E-state index < -0.39 is 5.97 Å². The number of hydrogen-bond donors (Lipinski definition) is 1. The summed E-state index contributed by atoms with van der Waals surface area (Å²) in [6, 6.07) is 6.02. The molecule has 4 nitrogen and oxygen atoms in total. The molecule has 17 heavy (non-hydrogen) atoms. The third kappa shape index (κ3) is 3.44. The van der Waals surface area contributed by atoms with Gasteiger partial charge in [0, 0.05) is 25.2 Å². The van der Waals surface area contributed by atoms with Crippen molar-refractivity contribution in [2.75, 3.05) is 18.0 Å². The van der Waals surface area contributed by atoms with Gasteiger partial charge in [0.05, 0.1) is 0 Å². The van der Waals surface area contributed by atoms with E-state index >= 15 is 0 Å². The lowest BCUT2D eigenvalue weighted by molar-refractivity contribution is -0.137. The quantitative estimate of drug-likeness (QED) is 0.847. The minimum absolute atomic E-state index is 0.218. The fourth-order valence-corrected chi connectivity index (χ4v) is 2.15. The topological polar surface area (TPSA) is 53.4 Å². The molecule has 2 heterocycles. The molecule has 0 radical (unpaired) electrons. The zero-order valence-electron chi connectivity index (χ0n) is 9.93. The van der Waals surface area contributed by atoms with Crippen LogP contribution in [-0.4, -0.2) is 29.1 Å². The summed E-state index contributed by atoms with van der Waals surface area (Å²) in [4.78, 5) is 17.3. The van der Waals surface area contributed by atoms with Crippen LogP contribution in [0.1, 0.15) is 31.4 Å². The molecule has 0 amide bonds. The van der Waals surface area contributed by atoms with E-state index in [1.807, 2.05) is 18.2 Å². The van der Waals surface area contributed by atoms with Crippen molar-refractivity contribution in [3.8, 4) is 0 Å². The fourth-order valence-electron chi connectivity index (χ4n) is 2.15. The predicted octanol–water partition coefficient (Wildman–Crippen LogP) is 2.09. The average molecular weight is 234 g/mol. The van der Waals surface area contributed by atoms with E-state index in [0.29, 0.717) is 6.42 Å². The van der Waals surface area contributed by atoms with Crippen molar-refractivity contribution in [2.24, 2.45) is 0 Å². The summed E-state index contributed by atoms with van der Waals surface area (Å²) in [5.41, 5.74) is 0.996. The minimum Gasteiger partial charge on any atom is -0.481 e. The van der Waals surface area contributed by atoms with E-state index in [1.165, 1.54) is 12.8 Å². The van der Waals surface area contributed by atoms with Crippen LogP contribution < -0.4 is 4.90 Å². The molecule has 4 heteroatoms. The number of pyridine rings is 1. The highest BCUT2D eigenvalue weighted by Crippen LogP contribution is 2.18. The average Bonchev–Trinajstić information content (AvgIpc) is 2.82. The summed E-state index contributed by atoms with van der Waals surface area (Å²) in [6.45, 7) is 2.18. The highest BCUT2D eigenvalue weighted by molar-refractivity contribution is 5.66. The van der Waals surface area contributed by atoms with E-state index in [2.05, 4.69) is 9.88 Å². The Balaban J connectivity index is 1.93. The van der Waals surface area contributed by atoms with Crippen LogP contribution >= 0.6 is 0 Å². The number of carboxylic acids is 1. The first kappa shape index (κ1) is 11.9. The molecule has 0 aromatic carbocycles. The molecule has 0 saturated carbocycles. The molecule has 1 aromatic rings. The standard InChI is InChI=1S/C13H18N2O2/c16-13(17)8-4-6-11-5-3-7-12(14-11)15-9-1-2-10-15/h3,5,7H,1-2,4,6,8-10H2,(H,16,17). The van der Waals surface area contributed by atoms with Gasteiger partial charge in [0.1, 0.15) is 5.82 Å². The van der Waals surface area contributed by atoms with Gasteiger partial charge >= 0.3 is 5.97 Å². The van der Waals surface area contributed by atoms with Gasteiger partial charge in [-0.2, -0.15) is 0 Å². The highest BCUT2D eigenvalue weighted by Gasteiger charge is 2.13. The predicted molar refractivity (Wildman–Crippen MR) is 66.3 cm³/mol. The molecule has 1 fully saturated rings. The molecule has 1 aliphatic heterocycles. The Morgan fingerprint density at radius 3 is 2.82 bits per heavy atom. The molecule has 1 N–H and O–H groups in total. The number of rotatable bonds is 5. The van der Waals surface area contributed by atoms with Gasteiger partial charge < -0.3 is 10.0 Å². The van der Waals surface area contributed by atoms with E-state index in [1.54, 1.807) is 0 Å². The van der Waals surface area contributed by atoms with Crippen molar-refractivity contribution in [3.05, 3.63) is 23.9 Å². The minimum atomic E-state index is -0.735. The second-order valence-electron chi connectivity index (χ2n) is 4.43. The number of hydrogen-bond acceptors (Lipinski definition) is 3. The van der Waals surface area contributed by atoms with Crippen molar-refractivity contribution < 1.29 is 9.90 Å². The zero-order valence-corrected chi connectivity index (χ0v) is 9.93. The lowest BCUT2D eigenvalue weighted by atomic mass is 10.2. The van der Waals surface area contributed by atoms with Crippen LogP contribution in [-0.2, 0) is 11.2 Å². The summed E-state index contributed by atoms with van der Waals surface area (Å²) in [7, 11) is 0. The Kier molecular flexibility index (Phi) is 3.96. The molecule has 0 aliphatic carbocycles. The molecular formula is C13H18N2O2. The largest absolute Gasteiger partial charge is 0.481 e. The van der Waals surface area contributed by atoms with E-state index in [0.717, 1.165) is 31.0 Å². The molecule has 0 unspecified atom stereocenters. The van der Waals surface area contributed by atoms with Crippen LogP contribution in [0.15, 0.2) is 18.2 Å². The third-order valence-electron chi connectivity index (χ3n) is 3.05. The van der Waals surface area contributed by atoms with Crippen molar-refractivity contribution in [1.82, 2.24) is 4.98 Å². The Hall–Kier alpha value is -1.58. The van der Waals surface area contributed by atoms with Crippen LogP contribution in [0.25, 0.3) is 0 Å². The number of carboxylic acid groups (broad SMARTS) is 1. The molecule has 0 atom stereocenters. The first-order valence-corrected chi connectivity index (χ1v) is 6.18. The summed E-state index contributed by atoms with van der Waals surface area (Å²) < 4.78 is 0. The van der Waals surface area contributed by atoms with Gasteiger partial charge in [0.2, 0.25) is 0 Å². The summed E-state index contributed by atoms with van der Waals surface area (Å²) in [5, 5.41) is 8.59. The Labute approximate surface area is 101 Å². The number of aryl methyl sites for hydroxylation is 1. The second-order valence-corrected chi connectivity index (χ2v) is 4.43. The number of carbonyl (C=O) groups is 1. The first-order chi connectivity index (χ1) is 8.25. The third-order valence-corrected chi connectivity index (χ3v) is 3.05. The number of nitrogens with zero attached hydrogens (tertiary/aromatic N) is 2. The lowest BCUT2D eigenvalue weighted by Gasteiger charge is -2.16. The summed E-state index contributed by atoms with van der Waals surface area (Å²) >= 11 is 0. The number of aromatic nitrogens is 1. The van der Waals surface area contributed by atoms with Gasteiger partial charge in [-0.05, 0) is 37.8 Å². The van der Waals surface area contributed by atoms with Crippen molar-refractivity contribution in [3.63, 3.8) is 0 Å². The first-order valence-electron chi connectivity index (χ1n) is 6.18. The smallest absolute Gasteiger partial charge is 0.303 e. The van der Waals surface area contributed by atoms with Gasteiger partial charge in [0.15, 0.2) is 0 Å². The van der Waals surface area contributed by atoms with Crippen LogP contribution in [0.2, 0.25) is 0 Å². The van der Waals surface area contributed by atoms with Crippen LogP contribution in [0.3, 0.4) is 0 Å². The maximum atomic E-state index is 10.4. The van der Waals surface area contributed by atoms with E-state index in [-0.39, 0.29) is 6.42 Å².